The van der Waals surface area contributed by atoms with Crippen LogP contribution in [0.4, 0.5) is 0 Å². The first-order chi connectivity index (χ1) is 12.9. The summed E-state index contributed by atoms with van der Waals surface area (Å²) in [4.78, 5) is 0. The van der Waals surface area contributed by atoms with E-state index in [4.69, 9.17) is 4.74 Å². The third-order valence-electron chi connectivity index (χ3n) is 5.19. The Balaban J connectivity index is 1.69. The monoisotopic (exact) mass is 333 g/mol. The zero-order valence-corrected chi connectivity index (χ0v) is 14.0. The standard InChI is InChI=1S/C24H15NO/c1-2-7-16(8-3-1)17-13-14-21-23(15-17)26-22-12-6-10-19-18-9-4-5-11-20(18)25(21)24(19)22/h1-15H. The van der Waals surface area contributed by atoms with Crippen LogP contribution in [0.2, 0.25) is 0 Å². The van der Waals surface area contributed by atoms with Crippen molar-refractivity contribution in [3.63, 3.8) is 0 Å². The molecule has 0 spiro atoms. The van der Waals surface area contributed by atoms with Gasteiger partial charge in [-0.15, -0.1) is 0 Å². The predicted octanol–water partition coefficient (Wildman–Crippen LogP) is 6.56. The van der Waals surface area contributed by atoms with Crippen LogP contribution in [0.15, 0.2) is 91.0 Å². The van der Waals surface area contributed by atoms with Crippen LogP contribution in [-0.2, 0) is 0 Å². The van der Waals surface area contributed by atoms with E-state index in [1.807, 2.05) is 6.07 Å². The molecule has 26 heavy (non-hydrogen) atoms. The molecule has 0 unspecified atom stereocenters. The van der Waals surface area contributed by atoms with Crippen molar-refractivity contribution in [2.75, 3.05) is 0 Å². The number of aromatic nitrogens is 1. The lowest BCUT2D eigenvalue weighted by Gasteiger charge is -2.21. The van der Waals surface area contributed by atoms with Gasteiger partial charge in [-0.1, -0.05) is 66.7 Å². The van der Waals surface area contributed by atoms with Gasteiger partial charge in [-0.25, -0.2) is 0 Å². The van der Waals surface area contributed by atoms with Crippen molar-refractivity contribution in [3.05, 3.63) is 91.0 Å². The highest BCUT2D eigenvalue weighted by molar-refractivity contribution is 6.12. The maximum atomic E-state index is 6.32. The summed E-state index contributed by atoms with van der Waals surface area (Å²) in [5.74, 6) is 1.81. The van der Waals surface area contributed by atoms with Gasteiger partial charge in [0.1, 0.15) is 0 Å². The average Bonchev–Trinajstić information content (AvgIpc) is 3.05. The molecule has 4 aromatic carbocycles. The summed E-state index contributed by atoms with van der Waals surface area (Å²) in [6.07, 6.45) is 0. The van der Waals surface area contributed by atoms with Crippen molar-refractivity contribution >= 4 is 21.8 Å². The van der Waals surface area contributed by atoms with Crippen molar-refractivity contribution in [2.45, 2.75) is 0 Å². The summed E-state index contributed by atoms with van der Waals surface area (Å²) in [5.41, 5.74) is 5.81. The van der Waals surface area contributed by atoms with E-state index in [1.165, 1.54) is 21.9 Å². The third-order valence-corrected chi connectivity index (χ3v) is 5.19. The molecular formula is C24H15NO. The molecule has 1 aromatic heterocycles. The molecule has 6 rings (SSSR count). The van der Waals surface area contributed by atoms with Crippen molar-refractivity contribution in [3.8, 4) is 28.3 Å². The highest BCUT2D eigenvalue weighted by Gasteiger charge is 2.23. The van der Waals surface area contributed by atoms with Crippen molar-refractivity contribution in [1.82, 2.24) is 4.57 Å². The van der Waals surface area contributed by atoms with Gasteiger partial charge in [0, 0.05) is 10.8 Å². The molecule has 122 valence electrons. The number of fused-ring (bicyclic) bond motifs is 5. The number of para-hydroxylation sites is 2. The topological polar surface area (TPSA) is 14.2 Å². The number of hydrogen-bond donors (Lipinski definition) is 0. The second-order valence-electron chi connectivity index (χ2n) is 6.66. The number of rotatable bonds is 1. The van der Waals surface area contributed by atoms with Crippen LogP contribution in [0.25, 0.3) is 38.6 Å². The lowest BCUT2D eigenvalue weighted by Crippen LogP contribution is -2.04. The largest absolute Gasteiger partial charge is 0.453 e. The second-order valence-corrected chi connectivity index (χ2v) is 6.66. The molecule has 0 fully saturated rings. The highest BCUT2D eigenvalue weighted by Crippen LogP contribution is 2.46. The summed E-state index contributed by atoms with van der Waals surface area (Å²) < 4.78 is 8.65. The van der Waals surface area contributed by atoms with E-state index in [0.29, 0.717) is 0 Å². The Morgan fingerprint density at radius 2 is 1.38 bits per heavy atom. The maximum absolute atomic E-state index is 6.32. The van der Waals surface area contributed by atoms with Crippen LogP contribution in [0, 0.1) is 0 Å². The average molecular weight is 333 g/mol. The summed E-state index contributed by atoms with van der Waals surface area (Å²) in [5, 5.41) is 2.49. The Hall–Kier alpha value is -3.52. The molecule has 0 saturated carbocycles. The van der Waals surface area contributed by atoms with Crippen LogP contribution in [0.5, 0.6) is 11.5 Å². The molecule has 0 amide bonds. The summed E-state index contributed by atoms with van der Waals surface area (Å²) >= 11 is 0. The Bertz CT molecular complexity index is 1300. The minimum Gasteiger partial charge on any atom is -0.453 e. The van der Waals surface area contributed by atoms with Gasteiger partial charge in [-0.3, -0.25) is 0 Å². The van der Waals surface area contributed by atoms with E-state index in [9.17, 15) is 0 Å². The number of nitrogens with zero attached hydrogens (tertiary/aromatic N) is 1. The minimum absolute atomic E-state index is 0.896. The molecule has 0 N–H and O–H groups in total. The molecule has 0 bridgehead atoms. The molecule has 5 aromatic rings. The first-order valence-corrected chi connectivity index (χ1v) is 8.80. The van der Waals surface area contributed by atoms with E-state index < -0.39 is 0 Å². The van der Waals surface area contributed by atoms with Crippen molar-refractivity contribution in [2.24, 2.45) is 0 Å². The molecule has 0 saturated heterocycles. The van der Waals surface area contributed by atoms with Gasteiger partial charge in [0.05, 0.1) is 16.7 Å². The summed E-state index contributed by atoms with van der Waals surface area (Å²) in [6.45, 7) is 0. The van der Waals surface area contributed by atoms with Gasteiger partial charge >= 0.3 is 0 Å². The Morgan fingerprint density at radius 3 is 2.31 bits per heavy atom. The molecule has 1 aliphatic rings. The van der Waals surface area contributed by atoms with E-state index in [0.717, 1.165) is 28.3 Å². The lowest BCUT2D eigenvalue weighted by molar-refractivity contribution is 0.476. The first-order valence-electron chi connectivity index (χ1n) is 8.80. The van der Waals surface area contributed by atoms with Crippen LogP contribution >= 0.6 is 0 Å². The van der Waals surface area contributed by atoms with E-state index in [1.54, 1.807) is 0 Å². The molecule has 2 nitrogen and oxygen atoms in total. The van der Waals surface area contributed by atoms with Crippen molar-refractivity contribution in [1.29, 1.82) is 0 Å². The quantitative estimate of drug-likeness (QED) is 0.332. The van der Waals surface area contributed by atoms with Gasteiger partial charge in [0.2, 0.25) is 0 Å². The van der Waals surface area contributed by atoms with Crippen LogP contribution < -0.4 is 4.74 Å². The number of ether oxygens (including phenoxy) is 1. The van der Waals surface area contributed by atoms with Crippen LogP contribution in [-0.4, -0.2) is 4.57 Å². The maximum Gasteiger partial charge on any atom is 0.152 e. The SMILES string of the molecule is c1ccc(-c2ccc3c(c2)Oc2cccc4c5ccccc5n-3c24)cc1. The minimum atomic E-state index is 0.896. The Morgan fingerprint density at radius 1 is 0.577 bits per heavy atom. The van der Waals surface area contributed by atoms with Crippen LogP contribution in [0.1, 0.15) is 0 Å². The normalized spacial score (nSPS) is 12.2. The molecular weight excluding hydrogens is 318 g/mol. The zero-order chi connectivity index (χ0) is 17.1. The Labute approximate surface area is 150 Å². The van der Waals surface area contributed by atoms with E-state index >= 15 is 0 Å². The van der Waals surface area contributed by atoms with E-state index in [2.05, 4.69) is 89.5 Å². The molecule has 0 radical (unpaired) electrons. The van der Waals surface area contributed by atoms with Crippen molar-refractivity contribution < 1.29 is 4.74 Å². The highest BCUT2D eigenvalue weighted by atomic mass is 16.5. The molecule has 1 aliphatic heterocycles. The lowest BCUT2D eigenvalue weighted by atomic mass is 10.0. The fourth-order valence-electron chi connectivity index (χ4n) is 4.03. The first kappa shape index (κ1) is 13.7. The summed E-state index contributed by atoms with van der Waals surface area (Å²) in [6, 6.07) is 31.7. The fourth-order valence-corrected chi connectivity index (χ4v) is 4.03. The molecule has 0 aliphatic carbocycles. The predicted molar refractivity (Wildman–Crippen MR) is 106 cm³/mol. The number of benzene rings is 4. The molecule has 2 heterocycles. The fraction of sp³-hybridized carbons (Fsp3) is 0. The van der Waals surface area contributed by atoms with Crippen LogP contribution in [0.3, 0.4) is 0 Å². The number of hydrogen-bond acceptors (Lipinski definition) is 1. The van der Waals surface area contributed by atoms with E-state index in [-0.39, 0.29) is 0 Å². The Kier molecular flexibility index (Phi) is 2.64. The molecule has 2 heteroatoms. The van der Waals surface area contributed by atoms with Gasteiger partial charge in [-0.2, -0.15) is 0 Å². The smallest absolute Gasteiger partial charge is 0.152 e. The summed E-state index contributed by atoms with van der Waals surface area (Å²) in [7, 11) is 0. The van der Waals surface area contributed by atoms with Gasteiger partial charge < -0.3 is 9.30 Å². The third kappa shape index (κ3) is 1.76. The second kappa shape index (κ2) is 4.99. The molecule has 0 atom stereocenters. The van der Waals surface area contributed by atoms with Gasteiger partial charge in [-0.05, 0) is 35.4 Å². The zero-order valence-electron chi connectivity index (χ0n) is 14.0. The van der Waals surface area contributed by atoms with Gasteiger partial charge in [0.15, 0.2) is 11.5 Å². The van der Waals surface area contributed by atoms with Gasteiger partial charge in [0.25, 0.3) is 0 Å².